The van der Waals surface area contributed by atoms with Crippen molar-refractivity contribution in [3.8, 4) is 0 Å². The standard InChI is InChI=1S/C22H26NO7PS2/c24-18-23(27)12-7-15-31(28,29-13-16-32-21(25)19-8-3-1-4-9-19)30-14-17-33-22(26)20-10-5-2-6-11-20/h1-6,8-11,18,27H,7,12-17H2. The van der Waals surface area contributed by atoms with Crippen LogP contribution in [-0.4, -0.2) is 64.3 Å². The summed E-state index contributed by atoms with van der Waals surface area (Å²) in [6, 6.07) is 17.6. The molecule has 0 unspecified atom stereocenters. The Labute approximate surface area is 201 Å². The first-order valence-electron chi connectivity index (χ1n) is 10.2. The molecule has 0 atom stereocenters. The molecule has 0 aliphatic heterocycles. The molecular weight excluding hydrogens is 485 g/mol. The van der Waals surface area contributed by atoms with Crippen molar-refractivity contribution in [1.82, 2.24) is 5.06 Å². The maximum Gasteiger partial charge on any atom is 0.330 e. The van der Waals surface area contributed by atoms with Crippen LogP contribution in [0.15, 0.2) is 60.7 Å². The lowest BCUT2D eigenvalue weighted by atomic mass is 10.2. The monoisotopic (exact) mass is 511 g/mol. The summed E-state index contributed by atoms with van der Waals surface area (Å²) >= 11 is 2.10. The maximum atomic E-state index is 13.1. The minimum Gasteiger partial charge on any atom is -0.308 e. The second kappa shape index (κ2) is 15.1. The van der Waals surface area contributed by atoms with Crippen LogP contribution in [-0.2, 0) is 18.4 Å². The molecule has 0 fully saturated rings. The molecule has 0 aliphatic rings. The minimum absolute atomic E-state index is 0.0210. The highest BCUT2D eigenvalue weighted by Gasteiger charge is 2.25. The number of hydrogen-bond acceptors (Lipinski definition) is 9. The van der Waals surface area contributed by atoms with Crippen molar-refractivity contribution in [3.05, 3.63) is 71.8 Å². The molecule has 0 heterocycles. The predicted molar refractivity (Wildman–Crippen MR) is 130 cm³/mol. The van der Waals surface area contributed by atoms with E-state index < -0.39 is 7.60 Å². The van der Waals surface area contributed by atoms with Crippen LogP contribution in [0.4, 0.5) is 0 Å². The topological polar surface area (TPSA) is 110 Å². The average molecular weight is 512 g/mol. The van der Waals surface area contributed by atoms with E-state index in [-0.39, 0.29) is 60.5 Å². The van der Waals surface area contributed by atoms with Gasteiger partial charge in [0.1, 0.15) is 0 Å². The van der Waals surface area contributed by atoms with Crippen molar-refractivity contribution >= 4 is 47.8 Å². The van der Waals surface area contributed by atoms with E-state index in [1.165, 1.54) is 0 Å². The van der Waals surface area contributed by atoms with Crippen LogP contribution in [0.1, 0.15) is 27.1 Å². The molecule has 0 spiro atoms. The summed E-state index contributed by atoms with van der Waals surface area (Å²) in [5.74, 6) is 0.561. The molecule has 2 aromatic carbocycles. The van der Waals surface area contributed by atoms with Gasteiger partial charge in [-0.25, -0.2) is 5.06 Å². The van der Waals surface area contributed by atoms with Crippen molar-refractivity contribution < 1.29 is 33.2 Å². The van der Waals surface area contributed by atoms with Gasteiger partial charge in [0.05, 0.1) is 19.4 Å². The lowest BCUT2D eigenvalue weighted by Gasteiger charge is -2.19. The molecule has 11 heteroatoms. The molecule has 8 nitrogen and oxygen atoms in total. The fraction of sp³-hybridized carbons (Fsp3) is 0.318. The van der Waals surface area contributed by atoms with Crippen molar-refractivity contribution in [2.45, 2.75) is 6.42 Å². The first-order valence-corrected chi connectivity index (χ1v) is 13.9. The van der Waals surface area contributed by atoms with E-state index in [2.05, 4.69) is 0 Å². The van der Waals surface area contributed by atoms with Gasteiger partial charge in [-0.2, -0.15) is 0 Å². The highest BCUT2D eigenvalue weighted by molar-refractivity contribution is 8.14. The normalized spacial score (nSPS) is 11.2. The zero-order valence-corrected chi connectivity index (χ0v) is 20.4. The quantitative estimate of drug-likeness (QED) is 0.121. The van der Waals surface area contributed by atoms with Crippen LogP contribution in [0.5, 0.6) is 0 Å². The minimum atomic E-state index is -3.55. The van der Waals surface area contributed by atoms with E-state index in [1.54, 1.807) is 48.5 Å². The van der Waals surface area contributed by atoms with E-state index in [4.69, 9.17) is 9.05 Å². The molecule has 2 rings (SSSR count). The zero-order valence-electron chi connectivity index (χ0n) is 17.9. The fourth-order valence-corrected chi connectivity index (χ4v) is 5.74. The largest absolute Gasteiger partial charge is 0.330 e. The van der Waals surface area contributed by atoms with Gasteiger partial charge < -0.3 is 9.05 Å². The van der Waals surface area contributed by atoms with E-state index in [9.17, 15) is 24.2 Å². The summed E-state index contributed by atoms with van der Waals surface area (Å²) in [5, 5.41) is 9.45. The Hall–Kier alpha value is -1.94. The van der Waals surface area contributed by atoms with E-state index in [0.29, 0.717) is 16.2 Å². The molecule has 178 valence electrons. The number of carbonyl (C=O) groups is 3. The average Bonchev–Trinajstić information content (AvgIpc) is 2.85. The first kappa shape index (κ1) is 27.3. The second-order valence-electron chi connectivity index (χ2n) is 6.63. The Morgan fingerprint density at radius 1 is 0.879 bits per heavy atom. The van der Waals surface area contributed by atoms with Crippen LogP contribution in [0.2, 0.25) is 0 Å². The lowest BCUT2D eigenvalue weighted by molar-refractivity contribution is -0.149. The summed E-state index contributed by atoms with van der Waals surface area (Å²) < 4.78 is 24.1. The fourth-order valence-electron chi connectivity index (χ4n) is 2.58. The van der Waals surface area contributed by atoms with Gasteiger partial charge in [-0.05, 0) is 6.42 Å². The Kier molecular flexibility index (Phi) is 12.5. The van der Waals surface area contributed by atoms with Crippen molar-refractivity contribution in [2.24, 2.45) is 0 Å². The van der Waals surface area contributed by atoms with Crippen molar-refractivity contribution in [3.63, 3.8) is 0 Å². The molecular formula is C22H26NO7PS2. The molecule has 0 aromatic heterocycles. The van der Waals surface area contributed by atoms with Crippen LogP contribution >= 0.6 is 31.1 Å². The number of benzene rings is 2. The van der Waals surface area contributed by atoms with Gasteiger partial charge in [0.25, 0.3) is 0 Å². The molecule has 0 bridgehead atoms. The Balaban J connectivity index is 1.80. The van der Waals surface area contributed by atoms with Crippen LogP contribution in [0.3, 0.4) is 0 Å². The van der Waals surface area contributed by atoms with Crippen molar-refractivity contribution in [1.29, 1.82) is 0 Å². The third-order valence-corrected chi connectivity index (χ3v) is 7.92. The van der Waals surface area contributed by atoms with E-state index in [1.807, 2.05) is 12.1 Å². The maximum absolute atomic E-state index is 13.1. The summed E-state index contributed by atoms with van der Waals surface area (Å²) in [7, 11) is -3.55. The molecule has 1 N–H and O–H groups in total. The first-order chi connectivity index (χ1) is 15.9. The molecule has 2 aromatic rings. The summed E-state index contributed by atoms with van der Waals surface area (Å²) in [5.41, 5.74) is 1.14. The highest BCUT2D eigenvalue weighted by atomic mass is 32.2. The van der Waals surface area contributed by atoms with Gasteiger partial charge >= 0.3 is 7.60 Å². The van der Waals surface area contributed by atoms with Crippen molar-refractivity contribution in [2.75, 3.05) is 37.4 Å². The molecule has 0 saturated heterocycles. The van der Waals surface area contributed by atoms with Gasteiger partial charge in [0.2, 0.25) is 16.6 Å². The number of hydroxylamine groups is 2. The van der Waals surface area contributed by atoms with Gasteiger partial charge in [-0.3, -0.25) is 24.2 Å². The highest BCUT2D eigenvalue weighted by Crippen LogP contribution is 2.48. The molecule has 0 radical (unpaired) electrons. The molecule has 33 heavy (non-hydrogen) atoms. The second-order valence-corrected chi connectivity index (χ2v) is 10.9. The predicted octanol–water partition coefficient (Wildman–Crippen LogP) is 4.60. The smallest absolute Gasteiger partial charge is 0.308 e. The third kappa shape index (κ3) is 10.7. The Morgan fingerprint density at radius 3 is 1.76 bits per heavy atom. The molecule has 1 amide bonds. The van der Waals surface area contributed by atoms with Gasteiger partial charge in [0.15, 0.2) is 0 Å². The third-order valence-electron chi connectivity index (χ3n) is 4.17. The van der Waals surface area contributed by atoms with Crippen LogP contribution in [0, 0.1) is 0 Å². The van der Waals surface area contributed by atoms with E-state index in [0.717, 1.165) is 23.5 Å². The number of thioether (sulfide) groups is 2. The van der Waals surface area contributed by atoms with Gasteiger partial charge in [0, 0.05) is 29.2 Å². The molecule has 0 saturated carbocycles. The zero-order chi connectivity index (χ0) is 23.9. The molecule has 0 aliphatic carbocycles. The summed E-state index contributed by atoms with van der Waals surface area (Å²) in [4.78, 5) is 34.8. The lowest BCUT2D eigenvalue weighted by Crippen LogP contribution is -2.19. The number of rotatable bonds is 15. The van der Waals surface area contributed by atoms with Gasteiger partial charge in [-0.1, -0.05) is 84.2 Å². The van der Waals surface area contributed by atoms with Gasteiger partial charge in [-0.15, -0.1) is 0 Å². The summed E-state index contributed by atoms with van der Waals surface area (Å²) in [6.45, 7) is 0.0168. The number of carbonyl (C=O) groups excluding carboxylic acids is 3. The number of amides is 1. The Bertz CT molecular complexity index is 867. The summed E-state index contributed by atoms with van der Waals surface area (Å²) in [6.07, 6.45) is 0.426. The van der Waals surface area contributed by atoms with Crippen LogP contribution in [0.25, 0.3) is 0 Å². The SMILES string of the molecule is O=CN(O)CCCP(=O)(OCCSC(=O)c1ccccc1)OCCSC(=O)c1ccccc1. The van der Waals surface area contributed by atoms with E-state index >= 15 is 0 Å². The Morgan fingerprint density at radius 2 is 1.33 bits per heavy atom. The number of hydrogen-bond donors (Lipinski definition) is 1. The van der Waals surface area contributed by atoms with Crippen LogP contribution < -0.4 is 0 Å². The number of nitrogens with zero attached hydrogens (tertiary/aromatic N) is 1.